The minimum Gasteiger partial charge on any atom is -0.691 e. The second-order valence-electron chi connectivity index (χ2n) is 21.9. The molecule has 15 N–H and O–H groups in total. The summed E-state index contributed by atoms with van der Waals surface area (Å²) in [5.41, 5.74) is 6.93. The van der Waals surface area contributed by atoms with Crippen molar-refractivity contribution >= 4 is 75.9 Å². The summed E-state index contributed by atoms with van der Waals surface area (Å²) < 4.78 is 16.4. The number of aliphatic hydroxyl groups excluding tert-OH is 7. The van der Waals surface area contributed by atoms with Crippen LogP contribution < -0.4 is 76.1 Å². The second-order valence-corrected chi connectivity index (χ2v) is 23.3. The van der Waals surface area contributed by atoms with Gasteiger partial charge in [0.15, 0.2) is 11.5 Å². The average molecular weight is 1320 g/mol. The number of benzene rings is 3. The minimum absolute atomic E-state index is 0. The van der Waals surface area contributed by atoms with Crippen LogP contribution in [0, 0.1) is 5.92 Å². The van der Waals surface area contributed by atoms with E-state index < -0.39 is 183 Å². The Labute approximate surface area is 548 Å². The first-order chi connectivity index (χ1) is 42.9. The summed E-state index contributed by atoms with van der Waals surface area (Å²) in [6.07, 6.45) is -12.6. The van der Waals surface area contributed by atoms with Crippen molar-refractivity contribution in [3.05, 3.63) is 84.1 Å². The number of hydrogen-bond acceptors (Lipinski definition) is 25. The van der Waals surface area contributed by atoms with Crippen LogP contribution >= 0.6 is 23.7 Å². The number of fused-ring (bicyclic) bond motifs is 3. The number of phenols is 1. The number of imidazole rings is 1. The van der Waals surface area contributed by atoms with E-state index in [1.807, 2.05) is 24.3 Å². The van der Waals surface area contributed by atoms with Crippen LogP contribution in [0.3, 0.4) is 0 Å². The Kier molecular flexibility index (Phi) is 25.0. The molecule has 35 heteroatoms. The van der Waals surface area contributed by atoms with Gasteiger partial charge in [-0.05, 0) is 67.4 Å². The van der Waals surface area contributed by atoms with Gasteiger partial charge >= 0.3 is 29.6 Å². The molecule has 3 aliphatic rings. The molecule has 14 atom stereocenters. The Morgan fingerprint density at radius 1 is 0.846 bits per heavy atom. The summed E-state index contributed by atoms with van der Waals surface area (Å²) in [5, 5.41) is 121. The molecule has 5 aromatic rings. The zero-order valence-corrected chi connectivity index (χ0v) is 53.0. The summed E-state index contributed by atoms with van der Waals surface area (Å²) in [7, 11) is 0. The number of amides is 8. The molecule has 2 aromatic heterocycles. The molecule has 3 aromatic carbocycles. The quantitative estimate of drug-likeness (QED) is 0.0120. The fourth-order valence-corrected chi connectivity index (χ4v) is 11.6. The Bertz CT molecular complexity index is 3370. The van der Waals surface area contributed by atoms with Crippen molar-refractivity contribution in [1.82, 2.24) is 51.0 Å². The van der Waals surface area contributed by atoms with Crippen LogP contribution in [0.4, 0.5) is 0 Å². The van der Waals surface area contributed by atoms with Crippen LogP contribution in [-0.4, -0.2) is 212 Å². The average Bonchev–Trinajstić information content (AvgIpc) is 1.78. The Balaban J connectivity index is 0.0000118. The summed E-state index contributed by atoms with van der Waals surface area (Å²) in [6, 6.07) is 4.10. The van der Waals surface area contributed by atoms with E-state index in [1.54, 1.807) is 22.8 Å². The molecule has 3 aliphatic heterocycles. The van der Waals surface area contributed by atoms with E-state index in [-0.39, 0.29) is 53.0 Å². The van der Waals surface area contributed by atoms with Crippen LogP contribution in [0.2, 0.25) is 0 Å². The first-order valence-electron chi connectivity index (χ1n) is 28.4. The van der Waals surface area contributed by atoms with Crippen molar-refractivity contribution in [1.29, 1.82) is 0 Å². The van der Waals surface area contributed by atoms with Gasteiger partial charge in [0, 0.05) is 55.1 Å². The topological polar surface area (TPSA) is 481 Å². The largest absolute Gasteiger partial charge is 1.00 e. The van der Waals surface area contributed by atoms with E-state index in [1.165, 1.54) is 30.4 Å². The zero-order valence-electron chi connectivity index (χ0n) is 49.4. The Hall–Kier alpha value is -7.13. The summed E-state index contributed by atoms with van der Waals surface area (Å²) in [5.74, 6) is -11.3. The third-order valence-corrected chi connectivity index (χ3v) is 16.6. The molecule has 0 bridgehead atoms. The third kappa shape index (κ3) is 17.3. The first-order valence-corrected chi connectivity index (χ1v) is 29.8. The maximum Gasteiger partial charge on any atom is 1.00 e. The van der Waals surface area contributed by atoms with Gasteiger partial charge in [0.1, 0.15) is 59.2 Å². The number of nitrogens with one attached hydrogen (secondary N) is 5. The van der Waals surface area contributed by atoms with Crippen LogP contribution in [0.25, 0.3) is 26.8 Å². The number of rotatable bonds is 19. The molecule has 0 saturated carbocycles. The number of aliphatic hydroxyl groups is 7. The minimum atomic E-state index is -2.54. The number of carbonyl (C=O) groups is 8. The Morgan fingerprint density at radius 2 is 1.52 bits per heavy atom. The number of carbonyl (C=O) groups excluding carboxylic acids is 8. The third-order valence-electron chi connectivity index (χ3n) is 15.3. The molecule has 8 rings (SSSR count). The molecule has 8 amide bonds. The number of aromatic hydroxyl groups is 1. The number of phenolic OH excluding ortho intramolecular Hbond substituents is 1. The number of hydrogen-bond donors (Lipinski definition) is 14. The normalized spacial score (nSPS) is 25.1. The van der Waals surface area contributed by atoms with Crippen LogP contribution in [0.15, 0.2) is 72.9 Å². The van der Waals surface area contributed by atoms with Gasteiger partial charge in [0.25, 0.3) is 18.2 Å². The van der Waals surface area contributed by atoms with Gasteiger partial charge in [-0.15, -0.1) is 4.33 Å². The van der Waals surface area contributed by atoms with Gasteiger partial charge in [-0.1, -0.05) is 49.8 Å². The van der Waals surface area contributed by atoms with E-state index in [4.69, 9.17) is 19.6 Å². The van der Waals surface area contributed by atoms with Gasteiger partial charge in [-0.2, -0.15) is 5.10 Å². The van der Waals surface area contributed by atoms with E-state index in [0.717, 1.165) is 59.1 Å². The molecular formula is C56H68N11NaO21S2. The molecule has 32 nitrogen and oxygen atoms in total. The van der Waals surface area contributed by atoms with Gasteiger partial charge in [-0.25, -0.2) is 9.50 Å². The maximum absolute atomic E-state index is 14.7. The summed E-state index contributed by atoms with van der Waals surface area (Å²) >= 11 is 1.26. The van der Waals surface area contributed by atoms with Crippen LogP contribution in [-0.2, 0) is 42.9 Å². The van der Waals surface area contributed by atoms with Gasteiger partial charge in [0.05, 0.1) is 55.4 Å². The van der Waals surface area contributed by atoms with Crippen molar-refractivity contribution in [3.63, 3.8) is 0 Å². The van der Waals surface area contributed by atoms with Crippen molar-refractivity contribution in [2.45, 2.75) is 132 Å². The number of ether oxygens (including phenoxy) is 1. The van der Waals surface area contributed by atoms with Crippen molar-refractivity contribution < 1.29 is 132 Å². The molecule has 0 aliphatic carbocycles. The monoisotopic (exact) mass is 1320 g/mol. The molecule has 91 heavy (non-hydrogen) atoms. The van der Waals surface area contributed by atoms with Gasteiger partial charge in [-0.3, -0.25) is 43.4 Å². The smallest absolute Gasteiger partial charge is 0.691 e. The number of nitrogens with two attached hydrogens (primary N) is 1. The summed E-state index contributed by atoms with van der Waals surface area (Å²) in [6.45, 7) is 3.36. The van der Waals surface area contributed by atoms with Gasteiger partial charge < -0.3 is 97.1 Å². The fourth-order valence-electron chi connectivity index (χ4n) is 10.5. The number of nitrogens with zero attached hydrogens (tertiary/aromatic N) is 5. The number of primary amides is 1. The summed E-state index contributed by atoms with van der Waals surface area (Å²) in [4.78, 5) is 120. The Morgan fingerprint density at radius 3 is 2.18 bits per heavy atom. The molecule has 14 unspecified atom stereocenters. The van der Waals surface area contributed by atoms with Crippen molar-refractivity contribution in [2.24, 2.45) is 11.7 Å². The maximum atomic E-state index is 14.7. The molecule has 5 heterocycles. The molecule has 0 radical (unpaired) electrons. The first kappa shape index (κ1) is 71.3. The predicted octanol–water partition coefficient (Wildman–Crippen LogP) is -6.51. The standard InChI is InChI=1S/C56H69N11O21S2.Na/c1-4-5-16-85-33-13-10-29(11-14-33)53-64-67-24-35(60-56(67)89-53)27-6-8-28(9-7-27)48(77)59-34-18-31(69)21-58-52(81)44-45(74)25(2)22-66(44)55(83)42(38(72)20-40(57)73)62-51(80)43(47(76)46(75)30-12-15-37(71)39(17-30)86-90-88-87-84)63-50(79)36-19-32(70)23-65(36)54(82)41(26(3)68)61-49(34)78;/h6-15,17,24-26,31-32,34,36,38,41-47,68-72,74-76,84H,4-5,16,18-23H2,1-3H3,(H2,57,73)(H,58,81)(H,59,77)(H,61,78)(H,62,80)(H,63,79);/q;+1/p-1. The zero-order chi connectivity index (χ0) is 65.2. The van der Waals surface area contributed by atoms with E-state index >= 15 is 0 Å². The van der Waals surface area contributed by atoms with Crippen molar-refractivity contribution in [3.8, 4) is 39.1 Å². The van der Waals surface area contributed by atoms with Crippen molar-refractivity contribution in [2.75, 3.05) is 26.2 Å². The van der Waals surface area contributed by atoms with E-state index in [0.29, 0.717) is 27.8 Å². The fraction of sp³-hybridized carbons (Fsp3) is 0.464. The molecule has 486 valence electrons. The predicted molar refractivity (Wildman–Crippen MR) is 311 cm³/mol. The van der Waals surface area contributed by atoms with Gasteiger partial charge in [0.2, 0.25) is 46.3 Å². The molecule has 3 fully saturated rings. The van der Waals surface area contributed by atoms with E-state index in [9.17, 15) is 84.5 Å². The van der Waals surface area contributed by atoms with Crippen LogP contribution in [0.1, 0.15) is 74.9 Å². The van der Waals surface area contributed by atoms with Crippen LogP contribution in [0.5, 0.6) is 17.2 Å². The molecular weight excluding hydrogens is 1250 g/mol. The SMILES string of the molecule is CCCCOc1ccc(-c2nn3cc(-c4ccc(C(=O)NC5CC(O)CNC(=O)C6C(O)C(C)CN6C(=O)C(C(O)CC(N)=O)NC(=O)C(C(O)C(O)c6ccc(O)c(OSOO[O-])c6)NC(=O)C6CC(O)CN6C(=O)C(C(C)O)NC5=O)cc4)nc3s2)cc1.[Na+]. The second kappa shape index (κ2) is 31.9. The molecule has 3 saturated heterocycles. The molecule has 0 spiro atoms. The number of unbranched alkanes of at least 4 members (excludes halogenated alkanes) is 1. The van der Waals surface area contributed by atoms with E-state index in [2.05, 4.69) is 48.0 Å². The number of aromatic nitrogens is 3. The number of β-amino-alcohol motifs (C(OH)–C–C–N with tert-alkyl or cyclic N) is 1.